The Morgan fingerprint density at radius 3 is 2.85 bits per heavy atom. The van der Waals surface area contributed by atoms with E-state index in [9.17, 15) is 4.79 Å². The summed E-state index contributed by atoms with van der Waals surface area (Å²) in [5, 5.41) is 6.96. The van der Waals surface area contributed by atoms with Crippen molar-refractivity contribution >= 4 is 22.4 Å². The first kappa shape index (κ1) is 19.7. The fourth-order valence-electron chi connectivity index (χ4n) is 3.19. The fraction of sp³-hybridized carbons (Fsp3) is 0.526. The maximum Gasteiger partial charge on any atom is 0.223 e. The number of nitrogens with one attached hydrogen (secondary N) is 2. The van der Waals surface area contributed by atoms with Crippen LogP contribution >= 0.6 is 11.3 Å². The molecule has 1 fully saturated rings. The van der Waals surface area contributed by atoms with Crippen molar-refractivity contribution in [3.63, 3.8) is 0 Å². The standard InChI is InChI=1S/C19H27N5O2S/c1-12-5-17(6-13(2)22-12)26-11-16-9-24(14(3)7-20-16)10-18-8-21-19(27-18)23-15(4)25/h5-6,8,14,16,20H,7,9-11H2,1-4H3,(H,21,23,25)/t14-,16-/m0/s1. The summed E-state index contributed by atoms with van der Waals surface area (Å²) in [5.41, 5.74) is 1.94. The van der Waals surface area contributed by atoms with Crippen molar-refractivity contribution in [2.45, 2.75) is 46.3 Å². The van der Waals surface area contributed by atoms with Crippen LogP contribution in [0.25, 0.3) is 0 Å². The van der Waals surface area contributed by atoms with Gasteiger partial charge in [0.2, 0.25) is 5.91 Å². The van der Waals surface area contributed by atoms with Crippen LogP contribution in [0, 0.1) is 13.8 Å². The van der Waals surface area contributed by atoms with Crippen LogP contribution in [0.4, 0.5) is 5.13 Å². The first-order chi connectivity index (χ1) is 12.9. The highest BCUT2D eigenvalue weighted by Gasteiger charge is 2.26. The van der Waals surface area contributed by atoms with Crippen LogP contribution in [0.5, 0.6) is 5.75 Å². The number of rotatable bonds is 6. The predicted molar refractivity (Wildman–Crippen MR) is 107 cm³/mol. The van der Waals surface area contributed by atoms with E-state index in [4.69, 9.17) is 4.74 Å². The first-order valence-corrected chi connectivity index (χ1v) is 9.98. The van der Waals surface area contributed by atoms with E-state index in [1.54, 1.807) is 0 Å². The summed E-state index contributed by atoms with van der Waals surface area (Å²) in [6.07, 6.45) is 1.85. The minimum Gasteiger partial charge on any atom is -0.492 e. The highest BCUT2D eigenvalue weighted by atomic mass is 32.1. The van der Waals surface area contributed by atoms with E-state index in [1.807, 2.05) is 32.2 Å². The van der Waals surface area contributed by atoms with Crippen molar-refractivity contribution in [2.24, 2.45) is 0 Å². The molecular weight excluding hydrogens is 362 g/mol. The second kappa shape index (κ2) is 8.77. The van der Waals surface area contributed by atoms with Crippen LogP contribution in [-0.2, 0) is 11.3 Å². The van der Waals surface area contributed by atoms with Crippen LogP contribution < -0.4 is 15.4 Å². The molecule has 0 unspecified atom stereocenters. The second-order valence-corrected chi connectivity index (χ2v) is 8.21. The molecule has 0 bridgehead atoms. The molecule has 0 saturated carbocycles. The molecule has 146 valence electrons. The monoisotopic (exact) mass is 389 g/mol. The molecule has 1 amide bonds. The normalized spacial score (nSPS) is 20.4. The highest BCUT2D eigenvalue weighted by molar-refractivity contribution is 7.15. The average molecular weight is 390 g/mol. The molecule has 1 aliphatic heterocycles. The van der Waals surface area contributed by atoms with Gasteiger partial charge < -0.3 is 15.4 Å². The van der Waals surface area contributed by atoms with Crippen LogP contribution in [0.15, 0.2) is 18.3 Å². The fourth-order valence-corrected chi connectivity index (χ4v) is 4.08. The summed E-state index contributed by atoms with van der Waals surface area (Å²) in [4.78, 5) is 23.4. The molecule has 2 aromatic rings. The van der Waals surface area contributed by atoms with Gasteiger partial charge in [0.1, 0.15) is 12.4 Å². The van der Waals surface area contributed by atoms with Crippen molar-refractivity contribution in [2.75, 3.05) is 25.0 Å². The van der Waals surface area contributed by atoms with Crippen molar-refractivity contribution in [1.29, 1.82) is 0 Å². The molecule has 1 saturated heterocycles. The lowest BCUT2D eigenvalue weighted by Gasteiger charge is -2.38. The third-order valence-corrected chi connectivity index (χ3v) is 5.38. The van der Waals surface area contributed by atoms with Gasteiger partial charge in [0.05, 0.1) is 6.04 Å². The molecular formula is C19H27N5O2S. The zero-order valence-corrected chi connectivity index (χ0v) is 17.1. The number of amides is 1. The summed E-state index contributed by atoms with van der Waals surface area (Å²) in [7, 11) is 0. The van der Waals surface area contributed by atoms with Crippen LogP contribution in [0.1, 0.15) is 30.1 Å². The van der Waals surface area contributed by atoms with Gasteiger partial charge in [-0.25, -0.2) is 4.98 Å². The highest BCUT2D eigenvalue weighted by Crippen LogP contribution is 2.22. The number of ether oxygens (including phenoxy) is 1. The number of anilines is 1. The Kier molecular flexibility index (Phi) is 6.41. The van der Waals surface area contributed by atoms with Gasteiger partial charge in [-0.2, -0.15) is 0 Å². The number of pyridine rings is 1. The smallest absolute Gasteiger partial charge is 0.223 e. The lowest BCUT2D eigenvalue weighted by Crippen LogP contribution is -2.56. The van der Waals surface area contributed by atoms with E-state index < -0.39 is 0 Å². The molecule has 8 heteroatoms. The number of thiazole rings is 1. The minimum atomic E-state index is -0.0924. The lowest BCUT2D eigenvalue weighted by molar-refractivity contribution is -0.114. The Morgan fingerprint density at radius 2 is 2.15 bits per heavy atom. The van der Waals surface area contributed by atoms with Crippen molar-refractivity contribution in [3.05, 3.63) is 34.6 Å². The molecule has 0 radical (unpaired) electrons. The van der Waals surface area contributed by atoms with E-state index in [0.29, 0.717) is 17.8 Å². The van der Waals surface area contributed by atoms with E-state index in [2.05, 4.69) is 32.4 Å². The van der Waals surface area contributed by atoms with Gasteiger partial charge in [-0.1, -0.05) is 0 Å². The molecule has 2 atom stereocenters. The molecule has 1 aliphatic rings. The number of aryl methyl sites for hydroxylation is 2. The topological polar surface area (TPSA) is 79.4 Å². The van der Waals surface area contributed by atoms with Gasteiger partial charge in [-0.3, -0.25) is 14.7 Å². The SMILES string of the molecule is CC(=O)Nc1ncc(CN2C[C@@H](COc3cc(C)nc(C)c3)NC[C@@H]2C)s1. The zero-order valence-electron chi connectivity index (χ0n) is 16.3. The minimum absolute atomic E-state index is 0.0924. The third kappa shape index (κ3) is 5.72. The summed E-state index contributed by atoms with van der Waals surface area (Å²) < 4.78 is 6.00. The molecule has 2 aromatic heterocycles. The first-order valence-electron chi connectivity index (χ1n) is 9.17. The Morgan fingerprint density at radius 1 is 1.41 bits per heavy atom. The number of aromatic nitrogens is 2. The quantitative estimate of drug-likeness (QED) is 0.790. The van der Waals surface area contributed by atoms with Crippen LogP contribution in [0.2, 0.25) is 0 Å². The van der Waals surface area contributed by atoms with Gasteiger partial charge in [-0.05, 0) is 20.8 Å². The molecule has 2 N–H and O–H groups in total. The molecule has 0 aromatic carbocycles. The number of piperazine rings is 1. The Balaban J connectivity index is 1.55. The van der Waals surface area contributed by atoms with E-state index >= 15 is 0 Å². The van der Waals surface area contributed by atoms with Crippen LogP contribution in [-0.4, -0.2) is 52.6 Å². The molecule has 7 nitrogen and oxygen atoms in total. The van der Waals surface area contributed by atoms with Crippen molar-refractivity contribution in [1.82, 2.24) is 20.2 Å². The van der Waals surface area contributed by atoms with Crippen LogP contribution in [0.3, 0.4) is 0 Å². The number of carbonyl (C=O) groups excluding carboxylic acids is 1. The number of hydrogen-bond donors (Lipinski definition) is 2. The molecule has 0 aliphatic carbocycles. The number of carbonyl (C=O) groups is 1. The number of nitrogens with zero attached hydrogens (tertiary/aromatic N) is 3. The van der Waals surface area contributed by atoms with Crippen molar-refractivity contribution < 1.29 is 9.53 Å². The maximum absolute atomic E-state index is 11.2. The lowest BCUT2D eigenvalue weighted by atomic mass is 10.1. The molecule has 27 heavy (non-hydrogen) atoms. The number of hydrogen-bond acceptors (Lipinski definition) is 7. The van der Waals surface area contributed by atoms with E-state index in [-0.39, 0.29) is 11.9 Å². The Bertz CT molecular complexity index is 774. The maximum atomic E-state index is 11.2. The van der Waals surface area contributed by atoms with Gasteiger partial charge >= 0.3 is 0 Å². The zero-order chi connectivity index (χ0) is 19.4. The van der Waals surface area contributed by atoms with Gasteiger partial charge in [-0.15, -0.1) is 11.3 Å². The van der Waals surface area contributed by atoms with Gasteiger partial charge in [0.25, 0.3) is 0 Å². The summed E-state index contributed by atoms with van der Waals surface area (Å²) in [6, 6.07) is 4.63. The average Bonchev–Trinajstić information content (AvgIpc) is 3.01. The predicted octanol–water partition coefficient (Wildman–Crippen LogP) is 2.35. The largest absolute Gasteiger partial charge is 0.492 e. The second-order valence-electron chi connectivity index (χ2n) is 7.09. The van der Waals surface area contributed by atoms with E-state index in [1.165, 1.54) is 18.3 Å². The van der Waals surface area contributed by atoms with Crippen molar-refractivity contribution in [3.8, 4) is 5.75 Å². The molecule has 3 heterocycles. The van der Waals surface area contributed by atoms with Gasteiger partial charge in [0, 0.05) is 67.2 Å². The Hall–Kier alpha value is -2.03. The molecule has 3 rings (SSSR count). The summed E-state index contributed by atoms with van der Waals surface area (Å²) in [5.74, 6) is 0.777. The Labute approximate surface area is 164 Å². The summed E-state index contributed by atoms with van der Waals surface area (Å²) in [6.45, 7) is 10.9. The summed E-state index contributed by atoms with van der Waals surface area (Å²) >= 11 is 1.53. The third-order valence-electron chi connectivity index (χ3n) is 4.48. The van der Waals surface area contributed by atoms with E-state index in [0.717, 1.165) is 41.6 Å². The molecule has 0 spiro atoms. The van der Waals surface area contributed by atoms with Gasteiger partial charge in [0.15, 0.2) is 5.13 Å².